The topological polar surface area (TPSA) is 38.9 Å². The fourth-order valence-electron chi connectivity index (χ4n) is 1.87. The molecule has 0 saturated heterocycles. The Morgan fingerprint density at radius 1 is 1.35 bits per heavy atom. The van der Waals surface area contributed by atoms with Crippen molar-refractivity contribution in [2.24, 2.45) is 5.73 Å². The van der Waals surface area contributed by atoms with Crippen molar-refractivity contribution in [2.75, 3.05) is 0 Å². The third kappa shape index (κ3) is 2.94. The molecule has 4 heteroatoms. The summed E-state index contributed by atoms with van der Waals surface area (Å²) in [7, 11) is 0. The molecule has 0 aliphatic carbocycles. The van der Waals surface area contributed by atoms with E-state index in [2.05, 4.69) is 38.4 Å². The number of hydrogen-bond acceptors (Lipinski definition) is 3. The van der Waals surface area contributed by atoms with Gasteiger partial charge in [0.2, 0.25) is 0 Å². The van der Waals surface area contributed by atoms with Crippen LogP contribution in [0.4, 0.5) is 0 Å². The average molecular weight is 311 g/mol. The second-order valence-corrected chi connectivity index (χ2v) is 5.98. The van der Waals surface area contributed by atoms with Crippen molar-refractivity contribution in [1.29, 1.82) is 0 Å². The van der Waals surface area contributed by atoms with E-state index in [1.54, 1.807) is 11.3 Å². The van der Waals surface area contributed by atoms with E-state index in [1.165, 1.54) is 4.88 Å². The number of halogens is 1. The number of pyridine rings is 1. The van der Waals surface area contributed by atoms with Crippen LogP contribution in [0.1, 0.15) is 27.9 Å². The van der Waals surface area contributed by atoms with Gasteiger partial charge in [-0.15, -0.1) is 11.3 Å². The molecule has 2 nitrogen and oxygen atoms in total. The molecular formula is C13H15BrN2S. The zero-order valence-electron chi connectivity index (χ0n) is 9.90. The monoisotopic (exact) mass is 310 g/mol. The SMILES string of the molecule is Cc1ccc(C(N)Cc2sccc2Br)c(C)n1. The minimum Gasteiger partial charge on any atom is -0.324 e. The third-order valence-corrected chi connectivity index (χ3v) is 4.71. The molecular weight excluding hydrogens is 296 g/mol. The summed E-state index contributed by atoms with van der Waals surface area (Å²) < 4.78 is 1.15. The number of aromatic nitrogens is 1. The van der Waals surface area contributed by atoms with Crippen LogP contribution in [-0.4, -0.2) is 4.98 Å². The first kappa shape index (κ1) is 12.7. The zero-order valence-corrected chi connectivity index (χ0v) is 12.3. The maximum absolute atomic E-state index is 6.25. The Morgan fingerprint density at radius 2 is 2.12 bits per heavy atom. The molecule has 0 saturated carbocycles. The molecule has 2 aromatic rings. The van der Waals surface area contributed by atoms with E-state index in [9.17, 15) is 0 Å². The van der Waals surface area contributed by atoms with E-state index in [-0.39, 0.29) is 6.04 Å². The van der Waals surface area contributed by atoms with Crippen LogP contribution in [0.5, 0.6) is 0 Å². The van der Waals surface area contributed by atoms with E-state index >= 15 is 0 Å². The van der Waals surface area contributed by atoms with Crippen molar-refractivity contribution >= 4 is 27.3 Å². The number of nitrogens with zero attached hydrogens (tertiary/aromatic N) is 1. The maximum atomic E-state index is 6.25. The molecule has 0 bridgehead atoms. The van der Waals surface area contributed by atoms with Crippen LogP contribution in [0.25, 0.3) is 0 Å². The maximum Gasteiger partial charge on any atom is 0.0423 e. The summed E-state index contributed by atoms with van der Waals surface area (Å²) in [6.45, 7) is 4.02. The highest BCUT2D eigenvalue weighted by Gasteiger charge is 2.13. The molecule has 2 N–H and O–H groups in total. The van der Waals surface area contributed by atoms with Crippen LogP contribution in [0.15, 0.2) is 28.1 Å². The predicted octanol–water partition coefficient (Wildman–Crippen LogP) is 3.76. The van der Waals surface area contributed by atoms with Gasteiger partial charge in [0.1, 0.15) is 0 Å². The summed E-state index contributed by atoms with van der Waals surface area (Å²) in [6, 6.07) is 6.18. The Kier molecular flexibility index (Phi) is 3.97. The van der Waals surface area contributed by atoms with Crippen LogP contribution in [0.2, 0.25) is 0 Å². The lowest BCUT2D eigenvalue weighted by atomic mass is 10.0. The summed E-state index contributed by atoms with van der Waals surface area (Å²) in [6.07, 6.45) is 0.851. The van der Waals surface area contributed by atoms with Gasteiger partial charge in [-0.1, -0.05) is 6.07 Å². The molecule has 0 aromatic carbocycles. The molecule has 2 aromatic heterocycles. The van der Waals surface area contributed by atoms with Crippen LogP contribution >= 0.6 is 27.3 Å². The van der Waals surface area contributed by atoms with Gasteiger partial charge in [-0.3, -0.25) is 4.98 Å². The summed E-state index contributed by atoms with van der Waals surface area (Å²) >= 11 is 5.27. The Hall–Kier alpha value is -0.710. The molecule has 0 fully saturated rings. The second kappa shape index (κ2) is 5.29. The second-order valence-electron chi connectivity index (χ2n) is 4.13. The van der Waals surface area contributed by atoms with E-state index < -0.39 is 0 Å². The van der Waals surface area contributed by atoms with Crippen molar-refractivity contribution in [2.45, 2.75) is 26.3 Å². The highest BCUT2D eigenvalue weighted by atomic mass is 79.9. The Morgan fingerprint density at radius 3 is 2.71 bits per heavy atom. The number of rotatable bonds is 3. The first-order valence-corrected chi connectivity index (χ1v) is 7.17. The summed E-state index contributed by atoms with van der Waals surface area (Å²) in [5.41, 5.74) is 9.46. The lowest BCUT2D eigenvalue weighted by molar-refractivity contribution is 0.715. The molecule has 0 amide bonds. The van der Waals surface area contributed by atoms with E-state index in [0.29, 0.717) is 0 Å². The minimum absolute atomic E-state index is 0.0121. The molecule has 0 aliphatic rings. The number of nitrogens with two attached hydrogens (primary N) is 1. The molecule has 1 atom stereocenters. The van der Waals surface area contributed by atoms with Crippen LogP contribution in [0.3, 0.4) is 0 Å². The van der Waals surface area contributed by atoms with Gasteiger partial charge in [0.05, 0.1) is 0 Å². The van der Waals surface area contributed by atoms with E-state index in [1.807, 2.05) is 19.9 Å². The summed E-state index contributed by atoms with van der Waals surface area (Å²) in [5.74, 6) is 0. The van der Waals surface area contributed by atoms with Gasteiger partial charge >= 0.3 is 0 Å². The largest absolute Gasteiger partial charge is 0.324 e. The Labute approximate surface area is 114 Å². The zero-order chi connectivity index (χ0) is 12.4. The average Bonchev–Trinajstić information content (AvgIpc) is 2.64. The number of aryl methyl sites for hydroxylation is 2. The molecule has 2 rings (SSSR count). The quantitative estimate of drug-likeness (QED) is 0.937. The van der Waals surface area contributed by atoms with Crippen LogP contribution in [0, 0.1) is 13.8 Å². The molecule has 2 heterocycles. The van der Waals surface area contributed by atoms with Gasteiger partial charge in [-0.25, -0.2) is 0 Å². The fourth-order valence-corrected chi connectivity index (χ4v) is 3.44. The van der Waals surface area contributed by atoms with Crippen LogP contribution in [-0.2, 0) is 6.42 Å². The molecule has 17 heavy (non-hydrogen) atoms. The molecule has 0 aliphatic heterocycles. The number of hydrogen-bond donors (Lipinski definition) is 1. The van der Waals surface area contributed by atoms with Crippen molar-refractivity contribution in [3.63, 3.8) is 0 Å². The van der Waals surface area contributed by atoms with Crippen LogP contribution < -0.4 is 5.73 Å². The smallest absolute Gasteiger partial charge is 0.0423 e. The van der Waals surface area contributed by atoms with Crippen molar-refractivity contribution in [3.8, 4) is 0 Å². The Bertz CT molecular complexity index is 522. The highest BCUT2D eigenvalue weighted by molar-refractivity contribution is 9.10. The van der Waals surface area contributed by atoms with Gasteiger partial charge in [0.25, 0.3) is 0 Å². The summed E-state index contributed by atoms with van der Waals surface area (Å²) in [4.78, 5) is 5.75. The van der Waals surface area contributed by atoms with Gasteiger partial charge < -0.3 is 5.73 Å². The first-order chi connectivity index (χ1) is 8.08. The summed E-state index contributed by atoms with van der Waals surface area (Å²) in [5, 5.41) is 2.08. The fraction of sp³-hybridized carbons (Fsp3) is 0.308. The van der Waals surface area contributed by atoms with Crippen molar-refractivity contribution in [3.05, 3.63) is 49.9 Å². The van der Waals surface area contributed by atoms with Crippen molar-refractivity contribution in [1.82, 2.24) is 4.98 Å². The van der Waals surface area contributed by atoms with E-state index in [4.69, 9.17) is 5.73 Å². The van der Waals surface area contributed by atoms with E-state index in [0.717, 1.165) is 27.8 Å². The van der Waals surface area contributed by atoms with Crippen molar-refractivity contribution < 1.29 is 0 Å². The molecule has 0 radical (unpaired) electrons. The van der Waals surface area contributed by atoms with Gasteiger partial charge in [0, 0.05) is 33.2 Å². The minimum atomic E-state index is 0.0121. The third-order valence-electron chi connectivity index (χ3n) is 2.76. The lowest BCUT2D eigenvalue weighted by Gasteiger charge is -2.14. The Balaban J connectivity index is 2.20. The lowest BCUT2D eigenvalue weighted by Crippen LogP contribution is -2.15. The molecule has 1 unspecified atom stereocenters. The van der Waals surface area contributed by atoms with Gasteiger partial charge in [0.15, 0.2) is 0 Å². The first-order valence-electron chi connectivity index (χ1n) is 5.49. The standard InChI is InChI=1S/C13H15BrN2S/c1-8-3-4-10(9(2)16-8)12(15)7-13-11(14)5-6-17-13/h3-6,12H,7,15H2,1-2H3. The molecule has 0 spiro atoms. The highest BCUT2D eigenvalue weighted by Crippen LogP contribution is 2.27. The molecule has 90 valence electrons. The van der Waals surface area contributed by atoms with Gasteiger partial charge in [-0.05, 0) is 52.9 Å². The van der Waals surface area contributed by atoms with Gasteiger partial charge in [-0.2, -0.15) is 0 Å². The predicted molar refractivity (Wildman–Crippen MR) is 76.4 cm³/mol. The number of thiophene rings is 1. The normalized spacial score (nSPS) is 12.7.